The number of amides is 1. The van der Waals surface area contributed by atoms with Crippen LogP contribution in [0.1, 0.15) is 58.5 Å². The fourth-order valence-electron chi connectivity index (χ4n) is 5.61. The average molecular weight is 489 g/mol. The lowest BCUT2D eigenvalue weighted by Gasteiger charge is -2.33. The summed E-state index contributed by atoms with van der Waals surface area (Å²) >= 11 is 0. The molecule has 1 amide bonds. The lowest BCUT2D eigenvalue weighted by molar-refractivity contribution is 0.0704. The first kappa shape index (κ1) is 24.4. The standard InChI is InChI=1S/C29H33FN4O2/c1-21-27(20-31-34(21)26-6-3-2-4-7-26)29(36)33-16-5-8-25(33)15-19-32-17-13-23(14-18-32)28(35)22-9-11-24(30)12-10-22/h2-4,6-7,9-12,20,23,25H,5,8,13-19H2,1H3. The third-order valence-corrected chi connectivity index (χ3v) is 7.74. The molecule has 0 N–H and O–H groups in total. The van der Waals surface area contributed by atoms with Crippen LogP contribution in [0.25, 0.3) is 5.69 Å². The molecule has 1 aromatic heterocycles. The molecular formula is C29H33FN4O2. The van der Waals surface area contributed by atoms with Crippen LogP contribution in [0.15, 0.2) is 60.8 Å². The van der Waals surface area contributed by atoms with Crippen molar-refractivity contribution in [1.82, 2.24) is 19.6 Å². The largest absolute Gasteiger partial charge is 0.336 e. The Morgan fingerprint density at radius 1 is 0.972 bits per heavy atom. The number of benzene rings is 2. The van der Waals surface area contributed by atoms with Crippen molar-refractivity contribution in [3.05, 3.63) is 83.4 Å². The summed E-state index contributed by atoms with van der Waals surface area (Å²) in [5, 5.41) is 4.49. The van der Waals surface area contributed by atoms with E-state index in [-0.39, 0.29) is 29.5 Å². The number of halogens is 1. The molecule has 5 rings (SSSR count). The van der Waals surface area contributed by atoms with Crippen molar-refractivity contribution in [1.29, 1.82) is 0 Å². The Morgan fingerprint density at radius 3 is 2.42 bits per heavy atom. The molecule has 188 valence electrons. The van der Waals surface area contributed by atoms with Crippen molar-refractivity contribution in [3.63, 3.8) is 0 Å². The fourth-order valence-corrected chi connectivity index (χ4v) is 5.61. The second-order valence-electron chi connectivity index (χ2n) is 9.96. The van der Waals surface area contributed by atoms with E-state index in [1.54, 1.807) is 18.3 Å². The summed E-state index contributed by atoms with van der Waals surface area (Å²) in [6.45, 7) is 5.42. The van der Waals surface area contributed by atoms with Gasteiger partial charge in [-0.2, -0.15) is 5.10 Å². The maximum atomic E-state index is 13.4. The minimum Gasteiger partial charge on any atom is -0.336 e. The highest BCUT2D eigenvalue weighted by Crippen LogP contribution is 2.27. The quantitative estimate of drug-likeness (QED) is 0.444. The number of carbonyl (C=O) groups excluding carboxylic acids is 2. The van der Waals surface area contributed by atoms with E-state index in [0.717, 1.165) is 69.7 Å². The third kappa shape index (κ3) is 5.12. The van der Waals surface area contributed by atoms with Crippen molar-refractivity contribution < 1.29 is 14.0 Å². The van der Waals surface area contributed by atoms with Crippen molar-refractivity contribution in [3.8, 4) is 5.69 Å². The molecule has 6 nitrogen and oxygen atoms in total. The molecule has 3 aromatic rings. The number of hydrogen-bond donors (Lipinski definition) is 0. The first-order valence-electron chi connectivity index (χ1n) is 12.9. The molecule has 0 saturated carbocycles. The summed E-state index contributed by atoms with van der Waals surface area (Å²) in [5.41, 5.74) is 3.09. The topological polar surface area (TPSA) is 58.4 Å². The van der Waals surface area contributed by atoms with Gasteiger partial charge in [-0.25, -0.2) is 9.07 Å². The molecule has 2 saturated heterocycles. The number of nitrogens with zero attached hydrogens (tertiary/aromatic N) is 4. The van der Waals surface area contributed by atoms with Crippen LogP contribution in [0.3, 0.4) is 0 Å². The number of carbonyl (C=O) groups is 2. The van der Waals surface area contributed by atoms with Gasteiger partial charge in [0.2, 0.25) is 0 Å². The Bertz CT molecular complexity index is 1200. The summed E-state index contributed by atoms with van der Waals surface area (Å²) in [6, 6.07) is 16.0. The highest BCUT2D eigenvalue weighted by atomic mass is 19.1. The van der Waals surface area contributed by atoms with E-state index in [1.165, 1.54) is 12.1 Å². The SMILES string of the molecule is Cc1c(C(=O)N2CCCC2CCN2CCC(C(=O)c3ccc(F)cc3)CC2)cnn1-c1ccccc1. The van der Waals surface area contributed by atoms with Gasteiger partial charge in [0.05, 0.1) is 23.1 Å². The Balaban J connectivity index is 1.15. The van der Waals surface area contributed by atoms with Crippen LogP contribution in [0.4, 0.5) is 4.39 Å². The van der Waals surface area contributed by atoms with Crippen LogP contribution in [-0.2, 0) is 0 Å². The molecular weight excluding hydrogens is 455 g/mol. The average Bonchev–Trinajstić information content (AvgIpc) is 3.54. The zero-order valence-electron chi connectivity index (χ0n) is 20.8. The van der Waals surface area contributed by atoms with Gasteiger partial charge in [-0.15, -0.1) is 0 Å². The summed E-state index contributed by atoms with van der Waals surface area (Å²) in [7, 11) is 0. The second kappa shape index (κ2) is 10.7. The summed E-state index contributed by atoms with van der Waals surface area (Å²) in [5.74, 6) is -0.129. The van der Waals surface area contributed by atoms with Crippen LogP contribution in [0.5, 0.6) is 0 Å². The lowest BCUT2D eigenvalue weighted by atomic mass is 9.88. The molecule has 1 atom stereocenters. The highest BCUT2D eigenvalue weighted by molar-refractivity contribution is 5.98. The predicted molar refractivity (Wildman–Crippen MR) is 137 cm³/mol. The molecule has 1 unspecified atom stereocenters. The number of aromatic nitrogens is 2. The molecule has 0 spiro atoms. The Kier molecular flexibility index (Phi) is 7.28. The van der Waals surface area contributed by atoms with E-state index in [4.69, 9.17) is 0 Å². The van der Waals surface area contributed by atoms with Gasteiger partial charge in [0.15, 0.2) is 5.78 Å². The number of rotatable bonds is 7. The van der Waals surface area contributed by atoms with Gasteiger partial charge in [0, 0.05) is 30.6 Å². The molecule has 2 aliphatic heterocycles. The van der Waals surface area contributed by atoms with E-state index in [2.05, 4.69) is 10.00 Å². The fraction of sp³-hybridized carbons (Fsp3) is 0.414. The summed E-state index contributed by atoms with van der Waals surface area (Å²) in [6.07, 6.45) is 6.33. The number of para-hydroxylation sites is 1. The highest BCUT2D eigenvalue weighted by Gasteiger charge is 2.32. The van der Waals surface area contributed by atoms with Gasteiger partial charge >= 0.3 is 0 Å². The molecule has 0 bridgehead atoms. The number of piperidine rings is 1. The van der Waals surface area contributed by atoms with Gasteiger partial charge in [0.25, 0.3) is 5.91 Å². The number of likely N-dealkylation sites (tertiary alicyclic amines) is 2. The predicted octanol–water partition coefficient (Wildman–Crippen LogP) is 4.91. The van der Waals surface area contributed by atoms with Crippen LogP contribution in [0, 0.1) is 18.7 Å². The normalized spacial score (nSPS) is 19.1. The zero-order valence-corrected chi connectivity index (χ0v) is 20.8. The zero-order chi connectivity index (χ0) is 25.1. The number of ketones is 1. The summed E-state index contributed by atoms with van der Waals surface area (Å²) in [4.78, 5) is 30.7. The molecule has 36 heavy (non-hydrogen) atoms. The van der Waals surface area contributed by atoms with E-state index >= 15 is 0 Å². The summed E-state index contributed by atoms with van der Waals surface area (Å²) < 4.78 is 15.0. The van der Waals surface area contributed by atoms with Gasteiger partial charge in [0.1, 0.15) is 5.82 Å². The maximum absolute atomic E-state index is 13.4. The van der Waals surface area contributed by atoms with Crippen LogP contribution >= 0.6 is 0 Å². The molecule has 3 heterocycles. The van der Waals surface area contributed by atoms with Gasteiger partial charge < -0.3 is 9.80 Å². The van der Waals surface area contributed by atoms with Crippen LogP contribution in [0.2, 0.25) is 0 Å². The molecule has 0 radical (unpaired) electrons. The maximum Gasteiger partial charge on any atom is 0.257 e. The van der Waals surface area contributed by atoms with E-state index < -0.39 is 0 Å². The van der Waals surface area contributed by atoms with Crippen molar-refractivity contribution in [2.45, 2.75) is 45.1 Å². The molecule has 0 aliphatic carbocycles. The monoisotopic (exact) mass is 488 g/mol. The Hall–Kier alpha value is -3.32. The van der Waals surface area contributed by atoms with Crippen LogP contribution in [-0.4, -0.2) is 63.5 Å². The van der Waals surface area contributed by atoms with Gasteiger partial charge in [-0.05, 0) is 88.5 Å². The molecule has 2 aromatic carbocycles. The molecule has 7 heteroatoms. The first-order chi connectivity index (χ1) is 17.5. The smallest absolute Gasteiger partial charge is 0.257 e. The van der Waals surface area contributed by atoms with Crippen LogP contribution < -0.4 is 0 Å². The van der Waals surface area contributed by atoms with Crippen molar-refractivity contribution >= 4 is 11.7 Å². The minimum absolute atomic E-state index is 0.000365. The molecule has 2 fully saturated rings. The second-order valence-corrected chi connectivity index (χ2v) is 9.96. The minimum atomic E-state index is -0.319. The Labute approximate surface area is 211 Å². The van der Waals surface area contributed by atoms with Gasteiger partial charge in [-0.3, -0.25) is 9.59 Å². The van der Waals surface area contributed by atoms with E-state index in [9.17, 15) is 14.0 Å². The molecule has 2 aliphatic rings. The number of Topliss-reactive ketones (excluding diaryl/α,β-unsaturated/α-hetero) is 1. The van der Waals surface area contributed by atoms with Crippen molar-refractivity contribution in [2.24, 2.45) is 5.92 Å². The first-order valence-corrected chi connectivity index (χ1v) is 12.9. The lowest BCUT2D eigenvalue weighted by Crippen LogP contribution is -2.41. The van der Waals surface area contributed by atoms with Gasteiger partial charge in [-0.1, -0.05) is 18.2 Å². The van der Waals surface area contributed by atoms with E-state index in [1.807, 2.05) is 46.8 Å². The van der Waals surface area contributed by atoms with E-state index in [0.29, 0.717) is 11.1 Å². The number of hydrogen-bond acceptors (Lipinski definition) is 4. The third-order valence-electron chi connectivity index (χ3n) is 7.74. The Morgan fingerprint density at radius 2 is 1.69 bits per heavy atom. The van der Waals surface area contributed by atoms with Crippen molar-refractivity contribution in [2.75, 3.05) is 26.2 Å².